The number of carbonyl (C=O) groups is 1. The first kappa shape index (κ1) is 13.9. The minimum atomic E-state index is 0.117. The summed E-state index contributed by atoms with van der Waals surface area (Å²) in [4.78, 5) is 11.5. The first-order chi connectivity index (χ1) is 7.99. The molecule has 0 atom stereocenters. The highest BCUT2D eigenvalue weighted by Crippen LogP contribution is 2.06. The molecule has 0 spiro atoms. The van der Waals surface area contributed by atoms with Crippen LogP contribution in [0, 0.1) is 11.8 Å². The van der Waals surface area contributed by atoms with Crippen LogP contribution in [0.15, 0.2) is 6.20 Å². The minimum Gasteiger partial charge on any atom is -0.299 e. The van der Waals surface area contributed by atoms with Crippen LogP contribution in [-0.2, 0) is 17.8 Å². The van der Waals surface area contributed by atoms with Gasteiger partial charge in [-0.25, -0.2) is 0 Å². The minimum absolute atomic E-state index is 0.117. The van der Waals surface area contributed by atoms with Gasteiger partial charge in [-0.1, -0.05) is 32.9 Å². The van der Waals surface area contributed by atoms with E-state index in [0.717, 1.165) is 18.7 Å². The van der Waals surface area contributed by atoms with Crippen LogP contribution in [0.1, 0.15) is 46.2 Å². The molecule has 1 heterocycles. The summed E-state index contributed by atoms with van der Waals surface area (Å²) in [5.74, 6) is 1.08. The number of carbonyl (C=O) groups excluding carboxylic acids is 1. The zero-order valence-corrected chi connectivity index (χ0v) is 11.3. The number of Topliss-reactive ketones (excluding diaryl/α,β-unsaturated/α-hetero) is 1. The van der Waals surface area contributed by atoms with Crippen molar-refractivity contribution in [1.29, 1.82) is 0 Å². The van der Waals surface area contributed by atoms with Gasteiger partial charge >= 0.3 is 0 Å². The van der Waals surface area contributed by atoms with Crippen LogP contribution in [0.25, 0.3) is 0 Å². The zero-order chi connectivity index (χ0) is 12.8. The normalized spacial score (nSPS) is 11.4. The van der Waals surface area contributed by atoms with Crippen LogP contribution >= 0.6 is 0 Å². The Morgan fingerprint density at radius 3 is 2.65 bits per heavy atom. The number of hydrogen-bond acceptors (Lipinski definition) is 3. The van der Waals surface area contributed by atoms with E-state index in [0.29, 0.717) is 24.5 Å². The molecule has 4 heteroatoms. The Labute approximate surface area is 103 Å². The quantitative estimate of drug-likeness (QED) is 0.732. The van der Waals surface area contributed by atoms with Crippen molar-refractivity contribution in [2.24, 2.45) is 11.8 Å². The van der Waals surface area contributed by atoms with Crippen molar-refractivity contribution < 1.29 is 4.79 Å². The smallest absolute Gasteiger partial charge is 0.135 e. The molecular weight excluding hydrogens is 214 g/mol. The van der Waals surface area contributed by atoms with Gasteiger partial charge in [0.2, 0.25) is 0 Å². The van der Waals surface area contributed by atoms with E-state index in [-0.39, 0.29) is 5.92 Å². The lowest BCUT2D eigenvalue weighted by atomic mass is 10.0. The molecule has 0 aromatic carbocycles. The fraction of sp³-hybridized carbons (Fsp3) is 0.769. The maximum Gasteiger partial charge on any atom is 0.135 e. The predicted molar refractivity (Wildman–Crippen MR) is 67.6 cm³/mol. The Hall–Kier alpha value is -1.19. The second-order valence-electron chi connectivity index (χ2n) is 5.28. The van der Waals surface area contributed by atoms with Crippen LogP contribution < -0.4 is 0 Å². The third kappa shape index (κ3) is 5.11. The standard InChI is InChI=1S/C13H23N3O/c1-10(2)7-8-16-9-12(14-15-16)5-6-13(17)11(3)4/h9-11H,5-8H2,1-4H3. The summed E-state index contributed by atoms with van der Waals surface area (Å²) in [6, 6.07) is 0. The predicted octanol–water partition coefficient (Wildman–Crippen LogP) is 2.48. The molecule has 0 saturated heterocycles. The first-order valence-corrected chi connectivity index (χ1v) is 6.40. The van der Waals surface area contributed by atoms with Gasteiger partial charge in [0.1, 0.15) is 5.78 Å². The third-order valence-corrected chi connectivity index (χ3v) is 2.79. The molecule has 4 nitrogen and oxygen atoms in total. The van der Waals surface area contributed by atoms with Gasteiger partial charge in [-0.2, -0.15) is 0 Å². The number of aromatic nitrogens is 3. The fourth-order valence-corrected chi connectivity index (χ4v) is 1.49. The molecule has 1 rings (SSSR count). The van der Waals surface area contributed by atoms with E-state index < -0.39 is 0 Å². The van der Waals surface area contributed by atoms with Crippen molar-refractivity contribution in [2.45, 2.75) is 53.5 Å². The van der Waals surface area contributed by atoms with Gasteiger partial charge in [0.25, 0.3) is 0 Å². The van der Waals surface area contributed by atoms with Gasteiger partial charge in [0.15, 0.2) is 0 Å². The van der Waals surface area contributed by atoms with E-state index in [9.17, 15) is 4.79 Å². The SMILES string of the molecule is CC(C)CCn1cc(CCC(=O)C(C)C)nn1. The van der Waals surface area contributed by atoms with Crippen molar-refractivity contribution in [3.63, 3.8) is 0 Å². The summed E-state index contributed by atoms with van der Waals surface area (Å²) in [6.45, 7) is 9.16. The highest BCUT2D eigenvalue weighted by Gasteiger charge is 2.09. The van der Waals surface area contributed by atoms with Gasteiger partial charge in [-0.3, -0.25) is 9.48 Å². The van der Waals surface area contributed by atoms with Crippen LogP contribution in [0.3, 0.4) is 0 Å². The molecule has 0 unspecified atom stereocenters. The summed E-state index contributed by atoms with van der Waals surface area (Å²) in [5.41, 5.74) is 0.919. The van der Waals surface area contributed by atoms with Gasteiger partial charge in [-0.05, 0) is 12.3 Å². The average Bonchev–Trinajstić information content (AvgIpc) is 2.70. The van der Waals surface area contributed by atoms with Crippen LogP contribution in [0.5, 0.6) is 0 Å². The lowest BCUT2D eigenvalue weighted by Gasteiger charge is -2.03. The zero-order valence-electron chi connectivity index (χ0n) is 11.3. The Morgan fingerprint density at radius 2 is 2.06 bits per heavy atom. The maximum absolute atomic E-state index is 11.5. The van der Waals surface area contributed by atoms with E-state index in [4.69, 9.17) is 0 Å². The molecule has 96 valence electrons. The van der Waals surface area contributed by atoms with Crippen molar-refractivity contribution in [3.8, 4) is 0 Å². The number of rotatable bonds is 7. The highest BCUT2D eigenvalue weighted by atomic mass is 16.1. The molecule has 0 aliphatic rings. The Bertz CT molecular complexity index is 355. The summed E-state index contributed by atoms with van der Waals surface area (Å²) < 4.78 is 1.87. The molecule has 0 radical (unpaired) electrons. The van der Waals surface area contributed by atoms with Gasteiger partial charge in [-0.15, -0.1) is 5.10 Å². The molecule has 0 bridgehead atoms. The van der Waals surface area contributed by atoms with Crippen molar-refractivity contribution in [3.05, 3.63) is 11.9 Å². The van der Waals surface area contributed by atoms with Gasteiger partial charge in [0, 0.05) is 31.5 Å². The molecule has 1 aromatic rings. The summed E-state index contributed by atoms with van der Waals surface area (Å²) >= 11 is 0. The van der Waals surface area contributed by atoms with E-state index in [2.05, 4.69) is 24.2 Å². The molecule has 0 aliphatic heterocycles. The molecule has 0 saturated carbocycles. The average molecular weight is 237 g/mol. The largest absolute Gasteiger partial charge is 0.299 e. The van der Waals surface area contributed by atoms with E-state index >= 15 is 0 Å². The van der Waals surface area contributed by atoms with E-state index in [1.54, 1.807) is 0 Å². The molecule has 0 amide bonds. The van der Waals surface area contributed by atoms with Gasteiger partial charge in [0.05, 0.1) is 5.69 Å². The summed E-state index contributed by atoms with van der Waals surface area (Å²) in [6.07, 6.45) is 4.34. The monoisotopic (exact) mass is 237 g/mol. The number of hydrogen-bond donors (Lipinski definition) is 0. The molecule has 0 N–H and O–H groups in total. The summed E-state index contributed by atoms with van der Waals surface area (Å²) in [7, 11) is 0. The fourth-order valence-electron chi connectivity index (χ4n) is 1.49. The number of nitrogens with zero attached hydrogens (tertiary/aromatic N) is 3. The second-order valence-corrected chi connectivity index (χ2v) is 5.28. The second kappa shape index (κ2) is 6.52. The van der Waals surface area contributed by atoms with Crippen LogP contribution in [0.4, 0.5) is 0 Å². The van der Waals surface area contributed by atoms with Crippen molar-refractivity contribution in [1.82, 2.24) is 15.0 Å². The lowest BCUT2D eigenvalue weighted by molar-refractivity contribution is -0.121. The summed E-state index contributed by atoms with van der Waals surface area (Å²) in [5, 5.41) is 8.15. The Morgan fingerprint density at radius 1 is 1.35 bits per heavy atom. The van der Waals surface area contributed by atoms with Crippen LogP contribution in [0.2, 0.25) is 0 Å². The molecule has 0 fully saturated rings. The Balaban J connectivity index is 2.38. The highest BCUT2D eigenvalue weighted by molar-refractivity contribution is 5.80. The topological polar surface area (TPSA) is 47.8 Å². The molecular formula is C13H23N3O. The molecule has 17 heavy (non-hydrogen) atoms. The third-order valence-electron chi connectivity index (χ3n) is 2.79. The van der Waals surface area contributed by atoms with Crippen molar-refractivity contribution in [2.75, 3.05) is 0 Å². The lowest BCUT2D eigenvalue weighted by Crippen LogP contribution is -2.07. The van der Waals surface area contributed by atoms with Crippen molar-refractivity contribution >= 4 is 5.78 Å². The molecule has 1 aromatic heterocycles. The first-order valence-electron chi connectivity index (χ1n) is 6.40. The van der Waals surface area contributed by atoms with Crippen LogP contribution in [-0.4, -0.2) is 20.8 Å². The molecule has 0 aliphatic carbocycles. The van der Waals surface area contributed by atoms with E-state index in [1.807, 2.05) is 24.7 Å². The van der Waals surface area contributed by atoms with E-state index in [1.165, 1.54) is 0 Å². The van der Waals surface area contributed by atoms with Gasteiger partial charge < -0.3 is 0 Å². The number of aryl methyl sites for hydroxylation is 2. The Kier molecular flexibility index (Phi) is 5.32. The maximum atomic E-state index is 11.5. The number of ketones is 1.